The Morgan fingerprint density at radius 2 is 2.24 bits per heavy atom. The SMILES string of the molecule is CCc1nnc(CN[C@H]2CCC[C@@]2(C)CO)o1. The Kier molecular flexibility index (Phi) is 3.79. The van der Waals surface area contributed by atoms with Crippen molar-refractivity contribution < 1.29 is 9.52 Å². The lowest BCUT2D eigenvalue weighted by molar-refractivity contribution is 0.117. The number of hydrogen-bond donors (Lipinski definition) is 2. The maximum atomic E-state index is 9.44. The fourth-order valence-electron chi connectivity index (χ4n) is 2.48. The highest BCUT2D eigenvalue weighted by molar-refractivity contribution is 4.94. The van der Waals surface area contributed by atoms with Crippen molar-refractivity contribution in [2.24, 2.45) is 5.41 Å². The maximum absolute atomic E-state index is 9.44. The summed E-state index contributed by atoms with van der Waals surface area (Å²) in [6.45, 7) is 4.94. The van der Waals surface area contributed by atoms with Crippen molar-refractivity contribution in [2.45, 2.75) is 52.1 Å². The Morgan fingerprint density at radius 3 is 2.88 bits per heavy atom. The standard InChI is InChI=1S/C12H21N3O2/c1-3-10-14-15-11(17-10)7-13-9-5-4-6-12(9,2)8-16/h9,13,16H,3-8H2,1-2H3/t9-,12-/m0/s1. The van der Waals surface area contributed by atoms with E-state index in [9.17, 15) is 5.11 Å². The first-order chi connectivity index (χ1) is 8.18. The first-order valence-electron chi connectivity index (χ1n) is 6.33. The van der Waals surface area contributed by atoms with Crippen molar-refractivity contribution >= 4 is 0 Å². The van der Waals surface area contributed by atoms with Crippen molar-refractivity contribution in [1.82, 2.24) is 15.5 Å². The second kappa shape index (κ2) is 5.14. The molecule has 0 amide bonds. The zero-order valence-corrected chi connectivity index (χ0v) is 10.6. The summed E-state index contributed by atoms with van der Waals surface area (Å²) in [5, 5.41) is 20.8. The second-order valence-electron chi connectivity index (χ2n) is 5.08. The smallest absolute Gasteiger partial charge is 0.230 e. The Hall–Kier alpha value is -0.940. The molecule has 0 saturated heterocycles. The van der Waals surface area contributed by atoms with E-state index in [2.05, 4.69) is 22.4 Å². The van der Waals surface area contributed by atoms with E-state index in [0.29, 0.717) is 24.4 Å². The van der Waals surface area contributed by atoms with Crippen LogP contribution in [0.15, 0.2) is 4.42 Å². The molecule has 1 aliphatic carbocycles. The molecule has 2 atom stereocenters. The molecule has 1 aromatic heterocycles. The van der Waals surface area contributed by atoms with Gasteiger partial charge in [-0.1, -0.05) is 20.3 Å². The zero-order valence-electron chi connectivity index (χ0n) is 10.6. The maximum Gasteiger partial charge on any atom is 0.230 e. The molecule has 1 saturated carbocycles. The van der Waals surface area contributed by atoms with Gasteiger partial charge in [-0.15, -0.1) is 10.2 Å². The predicted molar refractivity (Wildman–Crippen MR) is 63.3 cm³/mol. The molecule has 0 aliphatic heterocycles. The van der Waals surface area contributed by atoms with Crippen LogP contribution in [0.25, 0.3) is 0 Å². The Labute approximate surface area is 102 Å². The van der Waals surface area contributed by atoms with Gasteiger partial charge in [0.25, 0.3) is 0 Å². The van der Waals surface area contributed by atoms with Gasteiger partial charge in [-0.2, -0.15) is 0 Å². The topological polar surface area (TPSA) is 71.2 Å². The Balaban J connectivity index is 1.89. The molecular formula is C12H21N3O2. The molecule has 96 valence electrons. The van der Waals surface area contributed by atoms with Crippen molar-refractivity contribution in [2.75, 3.05) is 6.61 Å². The number of aliphatic hydroxyl groups is 1. The number of aliphatic hydroxyl groups excluding tert-OH is 1. The van der Waals surface area contributed by atoms with Gasteiger partial charge in [0.15, 0.2) is 0 Å². The van der Waals surface area contributed by atoms with Gasteiger partial charge in [-0.25, -0.2) is 0 Å². The molecule has 1 aliphatic rings. The lowest BCUT2D eigenvalue weighted by atomic mass is 9.86. The molecule has 0 radical (unpaired) electrons. The van der Waals surface area contributed by atoms with E-state index in [-0.39, 0.29) is 12.0 Å². The summed E-state index contributed by atoms with van der Waals surface area (Å²) in [6.07, 6.45) is 4.11. The molecule has 0 bridgehead atoms. The van der Waals surface area contributed by atoms with Crippen LogP contribution >= 0.6 is 0 Å². The molecule has 0 unspecified atom stereocenters. The zero-order chi connectivity index (χ0) is 12.3. The van der Waals surface area contributed by atoms with Crippen LogP contribution in [-0.4, -0.2) is 28.0 Å². The molecule has 0 spiro atoms. The van der Waals surface area contributed by atoms with E-state index in [4.69, 9.17) is 4.42 Å². The first kappa shape index (κ1) is 12.5. The molecule has 1 aromatic rings. The Bertz CT molecular complexity index is 366. The van der Waals surface area contributed by atoms with Crippen LogP contribution in [0.4, 0.5) is 0 Å². The third-order valence-corrected chi connectivity index (χ3v) is 3.75. The van der Waals surface area contributed by atoms with Crippen LogP contribution in [0.1, 0.15) is 44.9 Å². The van der Waals surface area contributed by atoms with Crippen molar-refractivity contribution in [3.63, 3.8) is 0 Å². The van der Waals surface area contributed by atoms with Gasteiger partial charge < -0.3 is 14.8 Å². The van der Waals surface area contributed by atoms with Gasteiger partial charge in [-0.3, -0.25) is 0 Å². The minimum Gasteiger partial charge on any atom is -0.424 e. The van der Waals surface area contributed by atoms with Gasteiger partial charge >= 0.3 is 0 Å². The van der Waals surface area contributed by atoms with E-state index >= 15 is 0 Å². The average molecular weight is 239 g/mol. The highest BCUT2D eigenvalue weighted by Crippen LogP contribution is 2.37. The minimum absolute atomic E-state index is 0.00634. The predicted octanol–water partition coefficient (Wildman–Crippen LogP) is 1.27. The monoisotopic (exact) mass is 239 g/mol. The number of aromatic nitrogens is 2. The van der Waals surface area contributed by atoms with Gasteiger partial charge in [0, 0.05) is 24.5 Å². The lowest BCUT2D eigenvalue weighted by Crippen LogP contribution is -2.41. The average Bonchev–Trinajstić information content (AvgIpc) is 2.94. The van der Waals surface area contributed by atoms with E-state index < -0.39 is 0 Å². The van der Waals surface area contributed by atoms with Crippen molar-refractivity contribution in [3.05, 3.63) is 11.8 Å². The Morgan fingerprint density at radius 1 is 1.47 bits per heavy atom. The molecule has 1 fully saturated rings. The fourth-order valence-corrected chi connectivity index (χ4v) is 2.48. The van der Waals surface area contributed by atoms with Gasteiger partial charge in [0.05, 0.1) is 6.54 Å². The summed E-state index contributed by atoms with van der Waals surface area (Å²) >= 11 is 0. The first-order valence-corrected chi connectivity index (χ1v) is 6.33. The van der Waals surface area contributed by atoms with Crippen LogP contribution in [0.2, 0.25) is 0 Å². The largest absolute Gasteiger partial charge is 0.424 e. The van der Waals surface area contributed by atoms with Gasteiger partial charge in [0.2, 0.25) is 11.8 Å². The van der Waals surface area contributed by atoms with Gasteiger partial charge in [0.1, 0.15) is 0 Å². The fraction of sp³-hybridized carbons (Fsp3) is 0.833. The molecule has 5 heteroatoms. The highest BCUT2D eigenvalue weighted by Gasteiger charge is 2.37. The van der Waals surface area contributed by atoms with E-state index in [0.717, 1.165) is 19.3 Å². The van der Waals surface area contributed by atoms with Crippen molar-refractivity contribution in [1.29, 1.82) is 0 Å². The summed E-state index contributed by atoms with van der Waals surface area (Å²) in [7, 11) is 0. The number of rotatable bonds is 5. The number of hydrogen-bond acceptors (Lipinski definition) is 5. The summed E-state index contributed by atoms with van der Waals surface area (Å²) < 4.78 is 5.45. The number of nitrogens with zero attached hydrogens (tertiary/aromatic N) is 2. The molecule has 2 rings (SSSR count). The van der Waals surface area contributed by atoms with E-state index in [1.807, 2.05) is 6.92 Å². The molecular weight excluding hydrogens is 218 g/mol. The quantitative estimate of drug-likeness (QED) is 0.809. The normalized spacial score (nSPS) is 28.8. The third kappa shape index (κ3) is 2.66. The summed E-state index contributed by atoms with van der Waals surface area (Å²) in [6, 6.07) is 0.337. The van der Waals surface area contributed by atoms with Crippen LogP contribution < -0.4 is 5.32 Å². The van der Waals surface area contributed by atoms with Crippen LogP contribution in [-0.2, 0) is 13.0 Å². The second-order valence-corrected chi connectivity index (χ2v) is 5.08. The van der Waals surface area contributed by atoms with E-state index in [1.165, 1.54) is 6.42 Å². The lowest BCUT2D eigenvalue weighted by Gasteiger charge is -2.29. The molecule has 2 N–H and O–H groups in total. The molecule has 5 nitrogen and oxygen atoms in total. The summed E-state index contributed by atoms with van der Waals surface area (Å²) in [5.41, 5.74) is -0.00634. The highest BCUT2D eigenvalue weighted by atomic mass is 16.4. The van der Waals surface area contributed by atoms with Crippen molar-refractivity contribution in [3.8, 4) is 0 Å². The van der Waals surface area contributed by atoms with Crippen LogP contribution in [0.3, 0.4) is 0 Å². The molecule has 17 heavy (non-hydrogen) atoms. The summed E-state index contributed by atoms with van der Waals surface area (Å²) in [4.78, 5) is 0. The summed E-state index contributed by atoms with van der Waals surface area (Å²) in [5.74, 6) is 1.31. The van der Waals surface area contributed by atoms with Crippen LogP contribution in [0, 0.1) is 5.41 Å². The number of aryl methyl sites for hydroxylation is 1. The molecule has 0 aromatic carbocycles. The van der Waals surface area contributed by atoms with Gasteiger partial charge in [-0.05, 0) is 12.8 Å². The minimum atomic E-state index is -0.00634. The number of nitrogens with one attached hydrogen (secondary N) is 1. The van der Waals surface area contributed by atoms with E-state index in [1.54, 1.807) is 0 Å². The third-order valence-electron chi connectivity index (χ3n) is 3.75. The van der Waals surface area contributed by atoms with Crippen LogP contribution in [0.5, 0.6) is 0 Å². The molecule has 1 heterocycles.